The smallest absolute Gasteiger partial charge is 0.220 e. The summed E-state index contributed by atoms with van der Waals surface area (Å²) >= 11 is 0. The molecule has 0 rings (SSSR count). The molecule has 0 heterocycles. The fourth-order valence-corrected chi connectivity index (χ4v) is 2.48. The summed E-state index contributed by atoms with van der Waals surface area (Å²) in [6, 6.07) is 0. The second-order valence-corrected chi connectivity index (χ2v) is 6.41. The topological polar surface area (TPSA) is 49.3 Å². The minimum atomic E-state index is 0.00616. The molecule has 0 unspecified atom stereocenters. The zero-order valence-corrected chi connectivity index (χ0v) is 16.2. The van der Waals surface area contributed by atoms with Crippen LogP contribution < -0.4 is 5.32 Å². The van der Waals surface area contributed by atoms with Crippen molar-refractivity contribution >= 4 is 5.91 Å². The van der Waals surface area contributed by atoms with Gasteiger partial charge in [0.05, 0.1) is 6.61 Å². The molecule has 0 saturated heterocycles. The molecule has 0 bridgehead atoms. The molecule has 2 N–H and O–H groups in total. The Morgan fingerprint density at radius 1 is 0.800 bits per heavy atom. The van der Waals surface area contributed by atoms with Crippen molar-refractivity contribution < 1.29 is 9.90 Å². The summed E-state index contributed by atoms with van der Waals surface area (Å²) in [7, 11) is 0. The monoisotopic (exact) mass is 349 g/mol. The fourth-order valence-electron chi connectivity index (χ4n) is 2.48. The Balaban J connectivity index is 3.36. The molecule has 3 heteroatoms. The van der Waals surface area contributed by atoms with Crippen LogP contribution in [-0.4, -0.2) is 24.2 Å². The second kappa shape index (κ2) is 20.7. The predicted octanol–water partition coefficient (Wildman–Crippen LogP) is 5.46. The minimum absolute atomic E-state index is 0.00616. The SMILES string of the molecule is CCCCCCCC/C=C/C/C=C/C/C=C\CCCC(=O)NCCO. The second-order valence-electron chi connectivity index (χ2n) is 6.41. The molecule has 0 aromatic carbocycles. The molecule has 0 atom stereocenters. The number of rotatable bonds is 17. The van der Waals surface area contributed by atoms with E-state index in [1.807, 2.05) is 0 Å². The summed E-state index contributed by atoms with van der Waals surface area (Å²) < 4.78 is 0. The Morgan fingerprint density at radius 3 is 2.00 bits per heavy atom. The zero-order valence-electron chi connectivity index (χ0n) is 16.2. The van der Waals surface area contributed by atoms with Crippen LogP contribution in [0.25, 0.3) is 0 Å². The number of unbranched alkanes of at least 4 members (excludes halogenated alkanes) is 7. The standard InChI is InChI=1S/C22H39NO2/c1-2-3-4-5-6-7-8-9-10-11-12-13-14-15-16-17-18-19-22(25)23-20-21-24/h9-10,12-13,15-16,24H,2-8,11,14,17-21H2,1H3,(H,23,25)/b10-9+,13-12+,16-15-. The van der Waals surface area contributed by atoms with Gasteiger partial charge >= 0.3 is 0 Å². The lowest BCUT2D eigenvalue weighted by Gasteiger charge is -2.00. The highest BCUT2D eigenvalue weighted by molar-refractivity contribution is 5.75. The molecule has 0 aromatic heterocycles. The van der Waals surface area contributed by atoms with E-state index in [1.165, 1.54) is 44.9 Å². The van der Waals surface area contributed by atoms with Gasteiger partial charge in [0.25, 0.3) is 0 Å². The van der Waals surface area contributed by atoms with E-state index in [2.05, 4.69) is 48.7 Å². The fraction of sp³-hybridized carbons (Fsp3) is 0.682. The molecule has 0 saturated carbocycles. The average molecular weight is 350 g/mol. The molecule has 0 aromatic rings. The highest BCUT2D eigenvalue weighted by Gasteiger charge is 1.97. The summed E-state index contributed by atoms with van der Waals surface area (Å²) in [4.78, 5) is 11.3. The van der Waals surface area contributed by atoms with Crippen LogP contribution in [0.2, 0.25) is 0 Å². The van der Waals surface area contributed by atoms with Crippen LogP contribution in [-0.2, 0) is 4.79 Å². The van der Waals surface area contributed by atoms with Crippen LogP contribution in [0.5, 0.6) is 0 Å². The zero-order chi connectivity index (χ0) is 18.4. The number of hydrogen-bond donors (Lipinski definition) is 2. The van der Waals surface area contributed by atoms with Crippen molar-refractivity contribution in [2.24, 2.45) is 0 Å². The van der Waals surface area contributed by atoms with E-state index < -0.39 is 0 Å². The van der Waals surface area contributed by atoms with Gasteiger partial charge in [0.1, 0.15) is 0 Å². The highest BCUT2D eigenvalue weighted by atomic mass is 16.3. The molecular weight excluding hydrogens is 310 g/mol. The first-order chi connectivity index (χ1) is 12.3. The van der Waals surface area contributed by atoms with Gasteiger partial charge < -0.3 is 10.4 Å². The first-order valence-electron chi connectivity index (χ1n) is 10.1. The molecule has 0 radical (unpaired) electrons. The molecule has 0 aliphatic rings. The molecular formula is C22H39NO2. The molecule has 0 spiro atoms. The number of carbonyl (C=O) groups excluding carboxylic acids is 1. The van der Waals surface area contributed by atoms with Gasteiger partial charge in [-0.2, -0.15) is 0 Å². The molecule has 0 aliphatic heterocycles. The van der Waals surface area contributed by atoms with Crippen molar-refractivity contribution in [2.45, 2.75) is 84.0 Å². The summed E-state index contributed by atoms with van der Waals surface area (Å²) in [5, 5.41) is 11.3. The Bertz CT molecular complexity index is 372. The van der Waals surface area contributed by atoms with Gasteiger partial charge in [-0.1, -0.05) is 75.5 Å². The van der Waals surface area contributed by atoms with Crippen LogP contribution >= 0.6 is 0 Å². The lowest BCUT2D eigenvalue weighted by Crippen LogP contribution is -2.25. The number of amides is 1. The van der Waals surface area contributed by atoms with Gasteiger partial charge in [-0.25, -0.2) is 0 Å². The van der Waals surface area contributed by atoms with Crippen LogP contribution in [0.1, 0.15) is 84.0 Å². The summed E-state index contributed by atoms with van der Waals surface area (Å²) in [6.07, 6.45) is 27.0. The van der Waals surface area contributed by atoms with Gasteiger partial charge in [0, 0.05) is 13.0 Å². The molecule has 25 heavy (non-hydrogen) atoms. The number of allylic oxidation sites excluding steroid dienone is 6. The summed E-state index contributed by atoms with van der Waals surface area (Å²) in [6.45, 7) is 2.62. The van der Waals surface area contributed by atoms with Crippen LogP contribution in [0.15, 0.2) is 36.5 Å². The largest absolute Gasteiger partial charge is 0.395 e. The number of nitrogens with one attached hydrogen (secondary N) is 1. The van der Waals surface area contributed by atoms with Gasteiger partial charge in [-0.15, -0.1) is 0 Å². The molecule has 3 nitrogen and oxygen atoms in total. The minimum Gasteiger partial charge on any atom is -0.395 e. The lowest BCUT2D eigenvalue weighted by atomic mass is 10.1. The predicted molar refractivity (Wildman–Crippen MR) is 109 cm³/mol. The number of aliphatic hydroxyl groups excluding tert-OH is 1. The van der Waals surface area contributed by atoms with Crippen LogP contribution in [0.4, 0.5) is 0 Å². The van der Waals surface area contributed by atoms with Gasteiger partial charge in [-0.3, -0.25) is 4.79 Å². The third-order valence-corrected chi connectivity index (χ3v) is 3.98. The first-order valence-corrected chi connectivity index (χ1v) is 10.1. The molecule has 0 fully saturated rings. The average Bonchev–Trinajstić information content (AvgIpc) is 2.62. The van der Waals surface area contributed by atoms with E-state index >= 15 is 0 Å². The summed E-state index contributed by atoms with van der Waals surface area (Å²) in [5.74, 6) is 0.0232. The maximum atomic E-state index is 11.3. The number of hydrogen-bond acceptors (Lipinski definition) is 2. The van der Waals surface area contributed by atoms with E-state index in [1.54, 1.807) is 0 Å². The van der Waals surface area contributed by atoms with E-state index in [-0.39, 0.29) is 12.5 Å². The Hall–Kier alpha value is -1.35. The Labute approximate surface area is 155 Å². The van der Waals surface area contributed by atoms with Gasteiger partial charge in [-0.05, 0) is 38.5 Å². The van der Waals surface area contributed by atoms with E-state index in [0.717, 1.165) is 25.7 Å². The lowest BCUT2D eigenvalue weighted by molar-refractivity contribution is -0.121. The quantitative estimate of drug-likeness (QED) is 0.270. The Kier molecular flexibility index (Phi) is 19.6. The summed E-state index contributed by atoms with van der Waals surface area (Å²) in [5.41, 5.74) is 0. The van der Waals surface area contributed by atoms with Crippen molar-refractivity contribution in [2.75, 3.05) is 13.2 Å². The molecule has 0 aliphatic carbocycles. The molecule has 144 valence electrons. The van der Waals surface area contributed by atoms with Gasteiger partial charge in [0.15, 0.2) is 0 Å². The third-order valence-electron chi connectivity index (χ3n) is 3.98. The third kappa shape index (κ3) is 20.6. The van der Waals surface area contributed by atoms with Crippen LogP contribution in [0.3, 0.4) is 0 Å². The van der Waals surface area contributed by atoms with Crippen molar-refractivity contribution in [1.82, 2.24) is 5.32 Å². The van der Waals surface area contributed by atoms with Crippen molar-refractivity contribution in [3.05, 3.63) is 36.5 Å². The molecule has 1 amide bonds. The van der Waals surface area contributed by atoms with E-state index in [0.29, 0.717) is 13.0 Å². The van der Waals surface area contributed by atoms with Gasteiger partial charge in [0.2, 0.25) is 5.91 Å². The van der Waals surface area contributed by atoms with Crippen molar-refractivity contribution in [3.8, 4) is 0 Å². The van der Waals surface area contributed by atoms with E-state index in [4.69, 9.17) is 5.11 Å². The van der Waals surface area contributed by atoms with Crippen molar-refractivity contribution in [1.29, 1.82) is 0 Å². The highest BCUT2D eigenvalue weighted by Crippen LogP contribution is 2.07. The van der Waals surface area contributed by atoms with E-state index in [9.17, 15) is 4.79 Å². The van der Waals surface area contributed by atoms with Crippen molar-refractivity contribution in [3.63, 3.8) is 0 Å². The maximum absolute atomic E-state index is 11.3. The first kappa shape index (κ1) is 23.6. The normalized spacial score (nSPS) is 11.9. The Morgan fingerprint density at radius 2 is 1.36 bits per heavy atom. The van der Waals surface area contributed by atoms with Crippen LogP contribution in [0, 0.1) is 0 Å². The maximum Gasteiger partial charge on any atom is 0.220 e. The number of aliphatic hydroxyl groups is 1. The number of carbonyl (C=O) groups is 1.